The van der Waals surface area contributed by atoms with Crippen molar-refractivity contribution in [1.29, 1.82) is 0 Å². The van der Waals surface area contributed by atoms with Crippen LogP contribution in [0.4, 0.5) is 0 Å². The van der Waals surface area contributed by atoms with Gasteiger partial charge in [0, 0.05) is 10.9 Å². The lowest BCUT2D eigenvalue weighted by Crippen LogP contribution is -2.15. The fraction of sp³-hybridized carbons (Fsp3) is 0.455. The molecule has 0 aromatic heterocycles. The summed E-state index contributed by atoms with van der Waals surface area (Å²) in [5.74, 6) is 1.17. The second kappa shape index (κ2) is 3.72. The van der Waals surface area contributed by atoms with Gasteiger partial charge in [-0.05, 0) is 35.8 Å². The highest BCUT2D eigenvalue weighted by Gasteiger charge is 2.16. The molecule has 13 heavy (non-hydrogen) atoms. The van der Waals surface area contributed by atoms with Crippen molar-refractivity contribution in [3.05, 3.63) is 29.3 Å². The Morgan fingerprint density at radius 1 is 1.54 bits per heavy atom. The van der Waals surface area contributed by atoms with Crippen molar-refractivity contribution in [3.63, 3.8) is 0 Å². The molecule has 1 atom stereocenters. The molecule has 0 spiro atoms. The van der Waals surface area contributed by atoms with E-state index < -0.39 is 0 Å². The number of nitrogens with two attached hydrogens (primary N) is 1. The molecule has 1 heterocycles. The van der Waals surface area contributed by atoms with E-state index in [4.69, 9.17) is 5.73 Å². The molecule has 0 amide bonds. The second-order valence-corrected chi connectivity index (χ2v) is 4.61. The number of thioether (sulfide) groups is 1. The van der Waals surface area contributed by atoms with Crippen LogP contribution in [0.15, 0.2) is 23.1 Å². The molecule has 2 N–H and O–H groups in total. The Morgan fingerprint density at radius 2 is 2.38 bits per heavy atom. The van der Waals surface area contributed by atoms with Crippen LogP contribution in [0.2, 0.25) is 0 Å². The van der Waals surface area contributed by atoms with Gasteiger partial charge in [0.25, 0.3) is 0 Å². The smallest absolute Gasteiger partial charge is 0.0314 e. The lowest BCUT2D eigenvalue weighted by atomic mass is 10.0. The average Bonchev–Trinajstić information content (AvgIpc) is 2.18. The van der Waals surface area contributed by atoms with E-state index in [1.165, 1.54) is 21.8 Å². The second-order valence-electron chi connectivity index (χ2n) is 3.47. The molecular formula is C11H15NS. The molecule has 1 aromatic rings. The molecule has 0 fully saturated rings. The van der Waals surface area contributed by atoms with Crippen LogP contribution in [-0.2, 0) is 6.42 Å². The minimum atomic E-state index is 0.266. The van der Waals surface area contributed by atoms with Crippen LogP contribution in [0.25, 0.3) is 0 Å². The zero-order chi connectivity index (χ0) is 9.26. The van der Waals surface area contributed by atoms with E-state index in [1.54, 1.807) is 0 Å². The number of fused-ring (bicyclic) bond motifs is 1. The van der Waals surface area contributed by atoms with Crippen LogP contribution in [0.1, 0.15) is 30.5 Å². The Bertz CT molecular complexity index is 309. The predicted octanol–water partition coefficient (Wildman–Crippen LogP) is 2.74. The SMILES string of the molecule is CCc1ccc2c(c1)SCCC2N. The first-order valence-corrected chi connectivity index (χ1v) is 5.81. The quantitative estimate of drug-likeness (QED) is 0.742. The van der Waals surface area contributed by atoms with Gasteiger partial charge in [-0.2, -0.15) is 0 Å². The maximum atomic E-state index is 6.02. The van der Waals surface area contributed by atoms with Crippen LogP contribution in [0.5, 0.6) is 0 Å². The monoisotopic (exact) mass is 193 g/mol. The summed E-state index contributed by atoms with van der Waals surface area (Å²) < 4.78 is 0. The molecule has 0 radical (unpaired) electrons. The van der Waals surface area contributed by atoms with Crippen molar-refractivity contribution in [3.8, 4) is 0 Å². The summed E-state index contributed by atoms with van der Waals surface area (Å²) in [7, 11) is 0. The number of hydrogen-bond donors (Lipinski definition) is 1. The van der Waals surface area contributed by atoms with E-state index in [0.717, 1.165) is 12.8 Å². The van der Waals surface area contributed by atoms with E-state index >= 15 is 0 Å². The summed E-state index contributed by atoms with van der Waals surface area (Å²) in [6.45, 7) is 2.19. The summed E-state index contributed by atoms with van der Waals surface area (Å²) in [5.41, 5.74) is 8.78. The van der Waals surface area contributed by atoms with E-state index in [2.05, 4.69) is 25.1 Å². The molecule has 1 nitrogen and oxygen atoms in total. The molecule has 2 rings (SSSR count). The summed E-state index contributed by atoms with van der Waals surface area (Å²) >= 11 is 1.94. The minimum Gasteiger partial charge on any atom is -0.324 e. The highest BCUT2D eigenvalue weighted by atomic mass is 32.2. The third-order valence-corrected chi connectivity index (χ3v) is 3.68. The number of hydrogen-bond acceptors (Lipinski definition) is 2. The van der Waals surface area contributed by atoms with E-state index in [9.17, 15) is 0 Å². The lowest BCUT2D eigenvalue weighted by Gasteiger charge is -2.21. The molecule has 0 bridgehead atoms. The number of rotatable bonds is 1. The molecule has 1 unspecified atom stereocenters. The number of benzene rings is 1. The van der Waals surface area contributed by atoms with Gasteiger partial charge in [0.1, 0.15) is 0 Å². The van der Waals surface area contributed by atoms with Crippen molar-refractivity contribution in [2.75, 3.05) is 5.75 Å². The van der Waals surface area contributed by atoms with Crippen LogP contribution in [0.3, 0.4) is 0 Å². The first-order chi connectivity index (χ1) is 6.31. The van der Waals surface area contributed by atoms with Gasteiger partial charge in [-0.25, -0.2) is 0 Å². The Kier molecular flexibility index (Phi) is 2.61. The molecule has 1 aromatic carbocycles. The highest BCUT2D eigenvalue weighted by Crippen LogP contribution is 2.35. The average molecular weight is 193 g/mol. The van der Waals surface area contributed by atoms with Crippen molar-refractivity contribution in [2.45, 2.75) is 30.7 Å². The van der Waals surface area contributed by atoms with Crippen LogP contribution < -0.4 is 5.73 Å². The van der Waals surface area contributed by atoms with Gasteiger partial charge in [-0.3, -0.25) is 0 Å². The summed E-state index contributed by atoms with van der Waals surface area (Å²) in [4.78, 5) is 1.40. The maximum Gasteiger partial charge on any atom is 0.0314 e. The maximum absolute atomic E-state index is 6.02. The summed E-state index contributed by atoms with van der Waals surface area (Å²) in [5, 5.41) is 0. The van der Waals surface area contributed by atoms with Crippen molar-refractivity contribution in [1.82, 2.24) is 0 Å². The molecule has 1 aliphatic rings. The molecule has 0 aliphatic carbocycles. The van der Waals surface area contributed by atoms with Crippen LogP contribution in [0, 0.1) is 0 Å². The largest absolute Gasteiger partial charge is 0.324 e. The zero-order valence-corrected chi connectivity index (χ0v) is 8.73. The van der Waals surface area contributed by atoms with E-state index in [0.29, 0.717) is 0 Å². The third-order valence-electron chi connectivity index (χ3n) is 2.57. The molecule has 70 valence electrons. The number of aryl methyl sites for hydroxylation is 1. The van der Waals surface area contributed by atoms with Crippen LogP contribution in [-0.4, -0.2) is 5.75 Å². The molecule has 2 heteroatoms. The fourth-order valence-corrected chi connectivity index (χ4v) is 2.89. The topological polar surface area (TPSA) is 26.0 Å². The summed E-state index contributed by atoms with van der Waals surface area (Å²) in [6.07, 6.45) is 2.23. The Balaban J connectivity index is 2.39. The van der Waals surface area contributed by atoms with Gasteiger partial charge < -0.3 is 5.73 Å². The first kappa shape index (κ1) is 9.10. The van der Waals surface area contributed by atoms with Gasteiger partial charge in [0.15, 0.2) is 0 Å². The predicted molar refractivity (Wildman–Crippen MR) is 58.1 cm³/mol. The lowest BCUT2D eigenvalue weighted by molar-refractivity contribution is 0.679. The molecule has 0 saturated carbocycles. The van der Waals surface area contributed by atoms with Crippen molar-refractivity contribution in [2.24, 2.45) is 5.73 Å². The molecular weight excluding hydrogens is 178 g/mol. The van der Waals surface area contributed by atoms with Gasteiger partial charge in [-0.15, -0.1) is 11.8 Å². The normalized spacial score (nSPS) is 21.2. The third kappa shape index (κ3) is 1.74. The first-order valence-electron chi connectivity index (χ1n) is 4.82. The van der Waals surface area contributed by atoms with Gasteiger partial charge in [0.2, 0.25) is 0 Å². The van der Waals surface area contributed by atoms with Gasteiger partial charge >= 0.3 is 0 Å². The van der Waals surface area contributed by atoms with Gasteiger partial charge in [-0.1, -0.05) is 19.1 Å². The molecule has 1 aliphatic heterocycles. The highest BCUT2D eigenvalue weighted by molar-refractivity contribution is 7.99. The van der Waals surface area contributed by atoms with Gasteiger partial charge in [0.05, 0.1) is 0 Å². The standard InChI is InChI=1S/C11H15NS/c1-2-8-3-4-9-10(12)5-6-13-11(9)7-8/h3-4,7,10H,2,5-6,12H2,1H3. The van der Waals surface area contributed by atoms with E-state index in [1.807, 2.05) is 11.8 Å². The Hall–Kier alpha value is -0.470. The van der Waals surface area contributed by atoms with Crippen LogP contribution >= 0.6 is 11.8 Å². The van der Waals surface area contributed by atoms with Crippen molar-refractivity contribution < 1.29 is 0 Å². The zero-order valence-electron chi connectivity index (χ0n) is 7.92. The fourth-order valence-electron chi connectivity index (χ4n) is 1.68. The molecule has 0 saturated heterocycles. The Morgan fingerprint density at radius 3 is 3.15 bits per heavy atom. The Labute approximate surface area is 83.7 Å². The minimum absolute atomic E-state index is 0.266. The summed E-state index contributed by atoms with van der Waals surface area (Å²) in [6, 6.07) is 6.95. The van der Waals surface area contributed by atoms with E-state index in [-0.39, 0.29) is 6.04 Å². The van der Waals surface area contributed by atoms with Crippen molar-refractivity contribution >= 4 is 11.8 Å².